The average Bonchev–Trinajstić information content (AvgIpc) is 2.39. The summed E-state index contributed by atoms with van der Waals surface area (Å²) in [6.07, 6.45) is 0. The number of anilines is 1. The molecule has 0 aliphatic heterocycles. The summed E-state index contributed by atoms with van der Waals surface area (Å²) in [6, 6.07) is 11.2. The summed E-state index contributed by atoms with van der Waals surface area (Å²) < 4.78 is 1.84. The summed E-state index contributed by atoms with van der Waals surface area (Å²) in [7, 11) is 0. The Morgan fingerprint density at radius 3 is 2.45 bits per heavy atom. The quantitative estimate of drug-likeness (QED) is 0.578. The maximum atomic E-state index is 11.0. The van der Waals surface area contributed by atoms with Gasteiger partial charge < -0.3 is 5.32 Å². The molecule has 0 fully saturated rings. The molecule has 1 N–H and O–H groups in total. The summed E-state index contributed by atoms with van der Waals surface area (Å²) in [5.41, 5.74) is 2.57. The lowest BCUT2D eigenvalue weighted by Gasteiger charge is -2.10. The Labute approximate surface area is 133 Å². The van der Waals surface area contributed by atoms with Gasteiger partial charge in [-0.05, 0) is 46.6 Å². The van der Waals surface area contributed by atoms with E-state index in [9.17, 15) is 10.1 Å². The molecule has 104 valence electrons. The van der Waals surface area contributed by atoms with Gasteiger partial charge in [-0.25, -0.2) is 0 Å². The zero-order valence-electron chi connectivity index (χ0n) is 10.7. The topological polar surface area (TPSA) is 55.2 Å². The van der Waals surface area contributed by atoms with Crippen molar-refractivity contribution in [3.05, 3.63) is 66.6 Å². The lowest BCUT2D eigenvalue weighted by atomic mass is 10.1. The number of benzene rings is 2. The summed E-state index contributed by atoms with van der Waals surface area (Å²) >= 11 is 6.81. The molecule has 0 heterocycles. The third kappa shape index (κ3) is 3.58. The maximum absolute atomic E-state index is 11.0. The largest absolute Gasteiger partial charge is 0.380 e. The molecule has 0 saturated heterocycles. The number of nitro benzene ring substituents is 1. The molecule has 0 bridgehead atoms. The fourth-order valence-electron chi connectivity index (χ4n) is 1.79. The van der Waals surface area contributed by atoms with Crippen LogP contribution in [0.15, 0.2) is 45.3 Å². The minimum atomic E-state index is -0.368. The first kappa shape index (κ1) is 15.0. The zero-order valence-corrected chi connectivity index (χ0v) is 13.9. The van der Waals surface area contributed by atoms with Crippen LogP contribution in [0.5, 0.6) is 0 Å². The van der Waals surface area contributed by atoms with Gasteiger partial charge in [0.05, 0.1) is 10.6 Å². The molecule has 0 atom stereocenters. The second-order valence-corrected chi connectivity index (χ2v) is 6.13. The van der Waals surface area contributed by atoms with Crippen molar-refractivity contribution in [1.82, 2.24) is 0 Å². The first-order valence-corrected chi connectivity index (χ1v) is 7.49. The molecule has 2 rings (SSSR count). The van der Waals surface area contributed by atoms with Gasteiger partial charge in [-0.3, -0.25) is 10.1 Å². The first-order chi connectivity index (χ1) is 9.47. The van der Waals surface area contributed by atoms with Crippen molar-refractivity contribution >= 4 is 43.2 Å². The highest BCUT2D eigenvalue weighted by molar-refractivity contribution is 9.10. The van der Waals surface area contributed by atoms with Crippen LogP contribution in [0.2, 0.25) is 0 Å². The van der Waals surface area contributed by atoms with Crippen molar-refractivity contribution in [3.63, 3.8) is 0 Å². The highest BCUT2D eigenvalue weighted by Crippen LogP contribution is 2.31. The van der Waals surface area contributed by atoms with E-state index in [0.29, 0.717) is 17.8 Å². The van der Waals surface area contributed by atoms with Crippen molar-refractivity contribution in [2.24, 2.45) is 0 Å². The van der Waals surface area contributed by atoms with Crippen LogP contribution in [0.4, 0.5) is 11.4 Å². The molecule has 0 radical (unpaired) electrons. The molecule has 20 heavy (non-hydrogen) atoms. The number of nitrogens with one attached hydrogen (secondary N) is 1. The van der Waals surface area contributed by atoms with Crippen molar-refractivity contribution in [3.8, 4) is 0 Å². The third-order valence-corrected chi connectivity index (χ3v) is 4.06. The summed E-state index contributed by atoms with van der Waals surface area (Å²) in [5, 5.41) is 14.2. The predicted octanol–water partition coefficient (Wildman–Crippen LogP) is 5.04. The van der Waals surface area contributed by atoms with Crippen LogP contribution in [-0.4, -0.2) is 4.92 Å². The maximum Gasteiger partial charge on any atom is 0.274 e. The first-order valence-electron chi connectivity index (χ1n) is 5.90. The smallest absolute Gasteiger partial charge is 0.274 e. The van der Waals surface area contributed by atoms with Crippen LogP contribution in [0.3, 0.4) is 0 Å². The molecule has 0 aliphatic carbocycles. The van der Waals surface area contributed by atoms with Crippen molar-refractivity contribution in [2.45, 2.75) is 13.5 Å². The van der Waals surface area contributed by atoms with Crippen molar-refractivity contribution < 1.29 is 4.92 Å². The monoisotopic (exact) mass is 398 g/mol. The second-order valence-electron chi connectivity index (χ2n) is 4.36. The van der Waals surface area contributed by atoms with Gasteiger partial charge in [-0.2, -0.15) is 0 Å². The molecule has 2 aromatic rings. The molecule has 0 aliphatic rings. The number of nitrogens with zero attached hydrogens (tertiary/aromatic N) is 1. The number of nitro groups is 1. The van der Waals surface area contributed by atoms with Crippen LogP contribution in [0.1, 0.15) is 11.1 Å². The number of halogens is 2. The highest BCUT2D eigenvalue weighted by atomic mass is 79.9. The Morgan fingerprint density at radius 1 is 1.20 bits per heavy atom. The van der Waals surface area contributed by atoms with Crippen LogP contribution < -0.4 is 5.32 Å². The molecule has 0 amide bonds. The van der Waals surface area contributed by atoms with Crippen LogP contribution in [0.25, 0.3) is 0 Å². The van der Waals surface area contributed by atoms with Gasteiger partial charge in [-0.1, -0.05) is 28.1 Å². The van der Waals surface area contributed by atoms with E-state index >= 15 is 0 Å². The van der Waals surface area contributed by atoms with E-state index in [0.717, 1.165) is 14.5 Å². The molecule has 0 saturated carbocycles. The molecule has 6 heteroatoms. The van der Waals surface area contributed by atoms with E-state index in [1.54, 1.807) is 19.1 Å². The SMILES string of the molecule is Cc1cc(Br)c(NCc2ccc(Br)cc2)cc1[N+](=O)[O-]. The second kappa shape index (κ2) is 6.37. The fraction of sp³-hybridized carbons (Fsp3) is 0.143. The van der Waals surface area contributed by atoms with E-state index in [1.807, 2.05) is 24.3 Å². The summed E-state index contributed by atoms with van der Waals surface area (Å²) in [5.74, 6) is 0. The average molecular weight is 400 g/mol. The molecule has 4 nitrogen and oxygen atoms in total. The minimum Gasteiger partial charge on any atom is -0.380 e. The van der Waals surface area contributed by atoms with Crippen LogP contribution in [-0.2, 0) is 6.54 Å². The fourth-order valence-corrected chi connectivity index (χ4v) is 2.66. The molecular weight excluding hydrogens is 388 g/mol. The summed E-state index contributed by atoms with van der Waals surface area (Å²) in [4.78, 5) is 10.6. The molecule has 2 aromatic carbocycles. The standard InChI is InChI=1S/C14H12Br2N2O2/c1-9-6-12(16)13(7-14(9)18(19)20)17-8-10-2-4-11(15)5-3-10/h2-7,17H,8H2,1H3. The molecule has 0 aromatic heterocycles. The Bertz CT molecular complexity index is 642. The van der Waals surface area contributed by atoms with Gasteiger partial charge in [0.15, 0.2) is 0 Å². The lowest BCUT2D eigenvalue weighted by molar-refractivity contribution is -0.385. The number of rotatable bonds is 4. The van der Waals surface area contributed by atoms with Crippen molar-refractivity contribution in [2.75, 3.05) is 5.32 Å². The van der Waals surface area contributed by atoms with E-state index < -0.39 is 0 Å². The van der Waals surface area contributed by atoms with Crippen LogP contribution in [0, 0.1) is 17.0 Å². The molecular formula is C14H12Br2N2O2. The minimum absolute atomic E-state index is 0.117. The Hall–Kier alpha value is -1.40. The lowest BCUT2D eigenvalue weighted by Crippen LogP contribution is -2.02. The van der Waals surface area contributed by atoms with Gasteiger partial charge in [0.2, 0.25) is 0 Å². The Balaban J connectivity index is 2.18. The predicted molar refractivity (Wildman–Crippen MR) is 87.0 cm³/mol. The zero-order chi connectivity index (χ0) is 14.7. The van der Waals surface area contributed by atoms with Gasteiger partial charge in [0.25, 0.3) is 5.69 Å². The Morgan fingerprint density at radius 2 is 1.85 bits per heavy atom. The van der Waals surface area contributed by atoms with E-state index in [-0.39, 0.29) is 10.6 Å². The number of aryl methyl sites for hydroxylation is 1. The normalized spacial score (nSPS) is 10.3. The van der Waals surface area contributed by atoms with E-state index in [1.165, 1.54) is 0 Å². The van der Waals surface area contributed by atoms with Crippen LogP contribution >= 0.6 is 31.9 Å². The third-order valence-electron chi connectivity index (χ3n) is 2.88. The van der Waals surface area contributed by atoms with E-state index in [2.05, 4.69) is 37.2 Å². The van der Waals surface area contributed by atoms with Crippen molar-refractivity contribution in [1.29, 1.82) is 0 Å². The highest BCUT2D eigenvalue weighted by Gasteiger charge is 2.14. The van der Waals surface area contributed by atoms with E-state index in [4.69, 9.17) is 0 Å². The number of hydrogen-bond donors (Lipinski definition) is 1. The Kier molecular flexibility index (Phi) is 4.77. The van der Waals surface area contributed by atoms with Gasteiger partial charge in [-0.15, -0.1) is 0 Å². The molecule has 0 unspecified atom stereocenters. The van der Waals surface area contributed by atoms with Gasteiger partial charge >= 0.3 is 0 Å². The summed E-state index contributed by atoms with van der Waals surface area (Å²) in [6.45, 7) is 2.33. The number of hydrogen-bond acceptors (Lipinski definition) is 3. The van der Waals surface area contributed by atoms with Gasteiger partial charge in [0.1, 0.15) is 0 Å². The molecule has 0 spiro atoms. The van der Waals surface area contributed by atoms with Gasteiger partial charge in [0, 0.05) is 27.1 Å².